The summed E-state index contributed by atoms with van der Waals surface area (Å²) >= 11 is 0. The maximum absolute atomic E-state index is 12.1. The lowest BCUT2D eigenvalue weighted by Gasteiger charge is -2.33. The zero-order valence-corrected chi connectivity index (χ0v) is 16.2. The fraction of sp³-hybridized carbons (Fsp3) is 0.476. The molecule has 0 saturated carbocycles. The van der Waals surface area contributed by atoms with Crippen molar-refractivity contribution in [2.75, 3.05) is 25.0 Å². The van der Waals surface area contributed by atoms with Crippen molar-refractivity contribution in [3.63, 3.8) is 0 Å². The summed E-state index contributed by atoms with van der Waals surface area (Å²) in [4.78, 5) is 18.7. The van der Waals surface area contributed by atoms with Crippen LogP contribution in [-0.2, 0) is 11.8 Å². The van der Waals surface area contributed by atoms with Crippen LogP contribution in [0.2, 0.25) is 0 Å². The van der Waals surface area contributed by atoms with Crippen molar-refractivity contribution >= 4 is 11.6 Å². The molecule has 148 valence electrons. The maximum Gasteiger partial charge on any atom is 0.224 e. The van der Waals surface area contributed by atoms with Gasteiger partial charge in [-0.15, -0.1) is 0 Å². The Morgan fingerprint density at radius 3 is 2.68 bits per heavy atom. The molecule has 7 nitrogen and oxygen atoms in total. The lowest BCUT2D eigenvalue weighted by molar-refractivity contribution is -0.116. The molecule has 1 amide bonds. The van der Waals surface area contributed by atoms with Crippen LogP contribution in [0.15, 0.2) is 36.7 Å². The van der Waals surface area contributed by atoms with Gasteiger partial charge in [0, 0.05) is 31.5 Å². The molecule has 0 aliphatic carbocycles. The number of nitriles is 1. The minimum Gasteiger partial charge on any atom is -0.385 e. The van der Waals surface area contributed by atoms with Crippen molar-refractivity contribution in [1.82, 2.24) is 14.5 Å². The molecule has 0 unspecified atom stereocenters. The van der Waals surface area contributed by atoms with Crippen LogP contribution in [0.25, 0.3) is 0 Å². The number of aliphatic hydroxyl groups is 1. The highest BCUT2D eigenvalue weighted by Crippen LogP contribution is 2.29. The third-order valence-electron chi connectivity index (χ3n) is 5.38. The molecule has 0 spiro atoms. The number of amides is 1. The molecule has 0 radical (unpaired) electrons. The van der Waals surface area contributed by atoms with Gasteiger partial charge in [-0.2, -0.15) is 5.26 Å². The number of benzene rings is 1. The van der Waals surface area contributed by atoms with Gasteiger partial charge in [-0.1, -0.05) is 0 Å². The van der Waals surface area contributed by atoms with Gasteiger partial charge in [0.1, 0.15) is 11.9 Å². The normalized spacial score (nSPS) is 16.5. The molecule has 1 fully saturated rings. The van der Waals surface area contributed by atoms with Crippen LogP contribution in [0, 0.1) is 17.2 Å². The second kappa shape index (κ2) is 9.49. The third kappa shape index (κ3) is 5.18. The van der Waals surface area contributed by atoms with Gasteiger partial charge < -0.3 is 19.9 Å². The number of aryl methyl sites for hydroxylation is 1. The van der Waals surface area contributed by atoms with Crippen molar-refractivity contribution in [3.05, 3.63) is 48.0 Å². The minimum absolute atomic E-state index is 0.00945. The number of rotatable bonds is 7. The monoisotopic (exact) mass is 381 g/mol. The first-order chi connectivity index (χ1) is 13.6. The summed E-state index contributed by atoms with van der Waals surface area (Å²) in [6, 6.07) is 8.94. The Kier molecular flexibility index (Phi) is 6.80. The van der Waals surface area contributed by atoms with E-state index in [1.807, 2.05) is 17.8 Å². The third-order valence-corrected chi connectivity index (χ3v) is 5.38. The number of carbonyl (C=O) groups is 1. The second-order valence-corrected chi connectivity index (χ2v) is 7.36. The SMILES string of the molecule is Cn1ccnc1[C@@H](O)C1CCN(CCCC(=O)Nc2ccc(C#N)cc2)CC1. The molecular weight excluding hydrogens is 354 g/mol. The van der Waals surface area contributed by atoms with Crippen LogP contribution >= 0.6 is 0 Å². The standard InChI is InChI=1S/C21H27N5O2/c1-25-14-10-23-21(25)20(28)17-8-12-26(13-9-17)11-2-3-19(27)24-18-6-4-16(15-22)5-7-18/h4-7,10,14,17,20,28H,2-3,8-9,11-13H2,1H3,(H,24,27)/t20-/m0/s1. The van der Waals surface area contributed by atoms with Gasteiger partial charge >= 0.3 is 0 Å². The average Bonchev–Trinajstić information content (AvgIpc) is 3.14. The Labute approximate surface area is 165 Å². The summed E-state index contributed by atoms with van der Waals surface area (Å²) in [7, 11) is 1.91. The van der Waals surface area contributed by atoms with Gasteiger partial charge in [0.25, 0.3) is 0 Å². The topological polar surface area (TPSA) is 94.2 Å². The average molecular weight is 381 g/mol. The fourth-order valence-electron chi connectivity index (χ4n) is 3.68. The zero-order valence-electron chi connectivity index (χ0n) is 16.2. The van der Waals surface area contributed by atoms with Gasteiger partial charge in [0.05, 0.1) is 11.6 Å². The van der Waals surface area contributed by atoms with Crippen LogP contribution in [0.4, 0.5) is 5.69 Å². The molecule has 1 aromatic heterocycles. The zero-order chi connectivity index (χ0) is 19.9. The van der Waals surface area contributed by atoms with E-state index in [9.17, 15) is 9.90 Å². The molecule has 1 aliphatic rings. The molecule has 0 bridgehead atoms. The summed E-state index contributed by atoms with van der Waals surface area (Å²) in [5.74, 6) is 0.958. The molecule has 28 heavy (non-hydrogen) atoms. The first-order valence-electron chi connectivity index (χ1n) is 9.74. The molecule has 2 aromatic rings. The van der Waals surface area contributed by atoms with Crippen molar-refractivity contribution in [1.29, 1.82) is 5.26 Å². The summed E-state index contributed by atoms with van der Waals surface area (Å²) in [6.07, 6.45) is 6.20. The second-order valence-electron chi connectivity index (χ2n) is 7.36. The molecule has 7 heteroatoms. The summed E-state index contributed by atoms with van der Waals surface area (Å²) in [5, 5.41) is 22.2. The van der Waals surface area contributed by atoms with Crippen molar-refractivity contribution in [2.45, 2.75) is 31.8 Å². The Morgan fingerprint density at radius 1 is 1.36 bits per heavy atom. The van der Waals surface area contributed by atoms with E-state index in [0.717, 1.165) is 44.7 Å². The van der Waals surface area contributed by atoms with E-state index in [4.69, 9.17) is 5.26 Å². The molecular formula is C21H27N5O2. The van der Waals surface area contributed by atoms with Crippen LogP contribution in [0.1, 0.15) is 43.2 Å². The van der Waals surface area contributed by atoms with Gasteiger partial charge in [-0.25, -0.2) is 4.98 Å². The van der Waals surface area contributed by atoms with E-state index >= 15 is 0 Å². The number of anilines is 1. The van der Waals surface area contributed by atoms with Crippen LogP contribution in [0.5, 0.6) is 0 Å². The number of aliphatic hydroxyl groups excluding tert-OH is 1. The molecule has 2 heterocycles. The lowest BCUT2D eigenvalue weighted by atomic mass is 9.90. The largest absolute Gasteiger partial charge is 0.385 e. The number of likely N-dealkylation sites (tertiary alicyclic amines) is 1. The molecule has 1 saturated heterocycles. The van der Waals surface area contributed by atoms with E-state index in [2.05, 4.69) is 21.3 Å². The number of imidazole rings is 1. The number of piperidine rings is 1. The smallest absolute Gasteiger partial charge is 0.224 e. The van der Waals surface area contributed by atoms with Gasteiger partial charge in [-0.05, 0) is 69.1 Å². The summed E-state index contributed by atoms with van der Waals surface area (Å²) in [5.41, 5.74) is 1.29. The maximum atomic E-state index is 12.1. The predicted molar refractivity (Wildman–Crippen MR) is 106 cm³/mol. The number of hydrogen-bond acceptors (Lipinski definition) is 5. The highest BCUT2D eigenvalue weighted by atomic mass is 16.3. The number of hydrogen-bond donors (Lipinski definition) is 2. The minimum atomic E-state index is -0.514. The Hall–Kier alpha value is -2.69. The highest BCUT2D eigenvalue weighted by molar-refractivity contribution is 5.90. The molecule has 1 aliphatic heterocycles. The van der Waals surface area contributed by atoms with E-state index in [1.165, 1.54) is 0 Å². The quantitative estimate of drug-likeness (QED) is 0.768. The molecule has 1 aromatic carbocycles. The first kappa shape index (κ1) is 20.1. The van der Waals surface area contributed by atoms with Crippen LogP contribution < -0.4 is 5.32 Å². The number of carbonyl (C=O) groups excluding carboxylic acids is 1. The van der Waals surface area contributed by atoms with E-state index in [0.29, 0.717) is 17.7 Å². The Balaban J connectivity index is 1.35. The van der Waals surface area contributed by atoms with Crippen molar-refractivity contribution < 1.29 is 9.90 Å². The number of nitrogens with one attached hydrogen (secondary N) is 1. The molecule has 2 N–H and O–H groups in total. The van der Waals surface area contributed by atoms with Crippen LogP contribution in [-0.4, -0.2) is 45.1 Å². The fourth-order valence-corrected chi connectivity index (χ4v) is 3.68. The lowest BCUT2D eigenvalue weighted by Crippen LogP contribution is -2.36. The van der Waals surface area contributed by atoms with Crippen LogP contribution in [0.3, 0.4) is 0 Å². The Bertz CT molecular complexity index is 816. The van der Waals surface area contributed by atoms with E-state index in [1.54, 1.807) is 30.5 Å². The highest BCUT2D eigenvalue weighted by Gasteiger charge is 2.28. The number of nitrogens with zero attached hydrogens (tertiary/aromatic N) is 4. The summed E-state index contributed by atoms with van der Waals surface area (Å²) < 4.78 is 1.88. The van der Waals surface area contributed by atoms with E-state index in [-0.39, 0.29) is 11.8 Å². The Morgan fingerprint density at radius 2 is 2.07 bits per heavy atom. The van der Waals surface area contributed by atoms with E-state index < -0.39 is 6.10 Å². The summed E-state index contributed by atoms with van der Waals surface area (Å²) in [6.45, 7) is 2.75. The number of aromatic nitrogens is 2. The molecule has 3 rings (SSSR count). The van der Waals surface area contributed by atoms with Gasteiger partial charge in [0.15, 0.2) is 0 Å². The van der Waals surface area contributed by atoms with Gasteiger partial charge in [0.2, 0.25) is 5.91 Å². The van der Waals surface area contributed by atoms with Crippen molar-refractivity contribution in [2.24, 2.45) is 13.0 Å². The van der Waals surface area contributed by atoms with Gasteiger partial charge in [-0.3, -0.25) is 4.79 Å². The van der Waals surface area contributed by atoms with Crippen molar-refractivity contribution in [3.8, 4) is 6.07 Å². The predicted octanol–water partition coefficient (Wildman–Crippen LogP) is 2.46. The first-order valence-corrected chi connectivity index (χ1v) is 9.74. The molecule has 1 atom stereocenters.